The molecule has 6 nitrogen and oxygen atoms in total. The van der Waals surface area contributed by atoms with Crippen molar-refractivity contribution in [2.75, 3.05) is 39.9 Å². The number of methoxy groups -OCH3 is 4. The lowest BCUT2D eigenvalue weighted by Gasteiger charge is -2.14. The van der Waals surface area contributed by atoms with E-state index in [9.17, 15) is 0 Å². The topological polar surface area (TPSA) is 89.0 Å². The second-order valence-electron chi connectivity index (χ2n) is 4.66. The van der Waals surface area contributed by atoms with Gasteiger partial charge >= 0.3 is 0 Å². The molecule has 4 N–H and O–H groups in total. The lowest BCUT2D eigenvalue weighted by molar-refractivity contribution is 0.354. The molecule has 24 heavy (non-hydrogen) atoms. The highest BCUT2D eigenvalue weighted by molar-refractivity contribution is 8.76. The van der Waals surface area contributed by atoms with E-state index in [1.54, 1.807) is 40.6 Å². The predicted molar refractivity (Wildman–Crippen MR) is 99.6 cm³/mol. The van der Waals surface area contributed by atoms with Crippen molar-refractivity contribution >= 4 is 33.0 Å². The van der Waals surface area contributed by atoms with Crippen molar-refractivity contribution in [1.82, 2.24) is 0 Å². The molecule has 0 aliphatic carbocycles. The molecule has 0 radical (unpaired) electrons. The Labute approximate surface area is 149 Å². The third kappa shape index (κ3) is 3.88. The summed E-state index contributed by atoms with van der Waals surface area (Å²) in [4.78, 5) is 1.71. The van der Waals surface area contributed by atoms with Gasteiger partial charge in [0.25, 0.3) is 0 Å². The molecule has 0 saturated heterocycles. The van der Waals surface area contributed by atoms with E-state index in [2.05, 4.69) is 0 Å². The van der Waals surface area contributed by atoms with Crippen LogP contribution in [0.2, 0.25) is 0 Å². The quantitative estimate of drug-likeness (QED) is 0.565. The molecule has 0 unspecified atom stereocenters. The lowest BCUT2D eigenvalue weighted by atomic mass is 10.3. The van der Waals surface area contributed by atoms with Gasteiger partial charge in [0.05, 0.1) is 39.8 Å². The first-order valence-electron chi connectivity index (χ1n) is 6.91. The van der Waals surface area contributed by atoms with Gasteiger partial charge in [0.1, 0.15) is 0 Å². The van der Waals surface area contributed by atoms with Crippen LogP contribution < -0.4 is 30.4 Å². The van der Waals surface area contributed by atoms with Gasteiger partial charge in [-0.05, 0) is 0 Å². The second kappa shape index (κ2) is 8.16. The van der Waals surface area contributed by atoms with E-state index in [0.29, 0.717) is 34.4 Å². The van der Waals surface area contributed by atoms with Crippen molar-refractivity contribution in [2.24, 2.45) is 0 Å². The Morgan fingerprint density at radius 2 is 0.875 bits per heavy atom. The third-order valence-electron chi connectivity index (χ3n) is 3.25. The Bertz CT molecular complexity index is 664. The van der Waals surface area contributed by atoms with Crippen LogP contribution in [0, 0.1) is 0 Å². The molecule has 0 aliphatic rings. The number of nitrogen functional groups attached to an aromatic ring is 2. The summed E-state index contributed by atoms with van der Waals surface area (Å²) in [6.07, 6.45) is 0. The Balaban J connectivity index is 2.25. The van der Waals surface area contributed by atoms with Gasteiger partial charge in [-0.15, -0.1) is 0 Å². The molecule has 2 rings (SSSR count). The smallest absolute Gasteiger partial charge is 0.162 e. The highest BCUT2D eigenvalue weighted by Crippen LogP contribution is 2.47. The number of hydrogen-bond acceptors (Lipinski definition) is 8. The summed E-state index contributed by atoms with van der Waals surface area (Å²) in [5.74, 6) is 2.43. The van der Waals surface area contributed by atoms with Crippen LogP contribution in [0.15, 0.2) is 34.1 Å². The zero-order valence-corrected chi connectivity index (χ0v) is 15.5. The molecule has 0 aromatic heterocycles. The Morgan fingerprint density at radius 3 is 1.17 bits per heavy atom. The van der Waals surface area contributed by atoms with Crippen LogP contribution in [-0.2, 0) is 0 Å². The SMILES string of the molecule is COc1cc(N)c(SSc2cc(OC)c(OC)cc2N)cc1OC. The van der Waals surface area contributed by atoms with E-state index in [-0.39, 0.29) is 0 Å². The standard InChI is InChI=1S/C16H20N2O4S2/c1-19-11-5-9(17)15(7-13(11)21-3)23-24-16-8-14(22-4)12(20-2)6-10(16)18/h5-8H,17-18H2,1-4H3. The fraction of sp³-hybridized carbons (Fsp3) is 0.250. The van der Waals surface area contributed by atoms with Gasteiger partial charge in [0.15, 0.2) is 23.0 Å². The summed E-state index contributed by atoms with van der Waals surface area (Å²) in [7, 11) is 9.27. The summed E-state index contributed by atoms with van der Waals surface area (Å²) < 4.78 is 21.1. The Kier molecular flexibility index (Phi) is 6.22. The Hall–Kier alpha value is -2.06. The van der Waals surface area contributed by atoms with Gasteiger partial charge in [-0.25, -0.2) is 0 Å². The summed E-state index contributed by atoms with van der Waals surface area (Å²) in [6, 6.07) is 7.14. The zero-order chi connectivity index (χ0) is 17.7. The number of anilines is 2. The summed E-state index contributed by atoms with van der Waals surface area (Å²) >= 11 is 0. The van der Waals surface area contributed by atoms with Crippen LogP contribution in [-0.4, -0.2) is 28.4 Å². The van der Waals surface area contributed by atoms with Crippen LogP contribution in [0.3, 0.4) is 0 Å². The van der Waals surface area contributed by atoms with E-state index in [1.165, 1.54) is 21.6 Å². The van der Waals surface area contributed by atoms with E-state index >= 15 is 0 Å². The Morgan fingerprint density at radius 1 is 0.583 bits per heavy atom. The second-order valence-corrected chi connectivity index (χ2v) is 6.87. The largest absolute Gasteiger partial charge is 0.493 e. The average Bonchev–Trinajstić information content (AvgIpc) is 2.60. The van der Waals surface area contributed by atoms with Gasteiger partial charge < -0.3 is 30.4 Å². The van der Waals surface area contributed by atoms with Crippen LogP contribution in [0.1, 0.15) is 0 Å². The van der Waals surface area contributed by atoms with Crippen LogP contribution in [0.25, 0.3) is 0 Å². The minimum absolute atomic E-state index is 0.593. The minimum atomic E-state index is 0.593. The normalized spacial score (nSPS) is 10.3. The molecule has 0 atom stereocenters. The highest BCUT2D eigenvalue weighted by Gasteiger charge is 2.13. The molecule has 0 amide bonds. The molecule has 0 fully saturated rings. The first-order valence-corrected chi connectivity index (χ1v) is 9.06. The first kappa shape index (κ1) is 18.3. The molecular weight excluding hydrogens is 348 g/mol. The lowest BCUT2D eigenvalue weighted by Crippen LogP contribution is -1.96. The molecule has 0 saturated carbocycles. The van der Waals surface area contributed by atoms with Crippen molar-refractivity contribution in [3.8, 4) is 23.0 Å². The van der Waals surface area contributed by atoms with Crippen LogP contribution in [0.4, 0.5) is 11.4 Å². The van der Waals surface area contributed by atoms with Crippen molar-refractivity contribution in [1.29, 1.82) is 0 Å². The number of nitrogens with two attached hydrogens (primary N) is 2. The highest BCUT2D eigenvalue weighted by atomic mass is 33.1. The van der Waals surface area contributed by atoms with Crippen LogP contribution >= 0.6 is 21.6 Å². The number of ether oxygens (including phenoxy) is 4. The van der Waals surface area contributed by atoms with E-state index in [4.69, 9.17) is 30.4 Å². The average molecular weight is 368 g/mol. The molecule has 130 valence electrons. The third-order valence-corrected chi connectivity index (χ3v) is 5.73. The van der Waals surface area contributed by atoms with E-state index in [1.807, 2.05) is 12.1 Å². The van der Waals surface area contributed by atoms with Crippen molar-refractivity contribution in [3.63, 3.8) is 0 Å². The van der Waals surface area contributed by atoms with Gasteiger partial charge in [0.2, 0.25) is 0 Å². The molecule has 0 heterocycles. The van der Waals surface area contributed by atoms with Crippen molar-refractivity contribution < 1.29 is 18.9 Å². The molecule has 0 bridgehead atoms. The molecule has 0 spiro atoms. The number of benzene rings is 2. The van der Waals surface area contributed by atoms with Crippen LogP contribution in [0.5, 0.6) is 23.0 Å². The summed E-state index contributed by atoms with van der Waals surface area (Å²) in [5, 5.41) is 0. The number of hydrogen-bond donors (Lipinski definition) is 2. The maximum atomic E-state index is 6.08. The van der Waals surface area contributed by atoms with Crippen molar-refractivity contribution in [3.05, 3.63) is 24.3 Å². The summed E-state index contributed by atoms with van der Waals surface area (Å²) in [5.41, 5.74) is 13.4. The monoisotopic (exact) mass is 368 g/mol. The zero-order valence-electron chi connectivity index (χ0n) is 13.9. The molecule has 8 heteroatoms. The minimum Gasteiger partial charge on any atom is -0.493 e. The molecule has 2 aromatic carbocycles. The fourth-order valence-corrected chi connectivity index (χ4v) is 4.19. The van der Waals surface area contributed by atoms with Gasteiger partial charge in [0, 0.05) is 34.1 Å². The molecule has 2 aromatic rings. The fourth-order valence-electron chi connectivity index (χ4n) is 1.99. The van der Waals surface area contributed by atoms with Gasteiger partial charge in [-0.1, -0.05) is 21.6 Å². The van der Waals surface area contributed by atoms with Crippen molar-refractivity contribution in [2.45, 2.75) is 9.79 Å². The molecule has 0 aliphatic heterocycles. The van der Waals surface area contributed by atoms with E-state index < -0.39 is 0 Å². The number of rotatable bonds is 7. The first-order chi connectivity index (χ1) is 11.5. The maximum Gasteiger partial charge on any atom is 0.162 e. The van der Waals surface area contributed by atoms with Gasteiger partial charge in [-0.3, -0.25) is 0 Å². The summed E-state index contributed by atoms with van der Waals surface area (Å²) in [6.45, 7) is 0. The maximum absolute atomic E-state index is 6.08. The van der Waals surface area contributed by atoms with Gasteiger partial charge in [-0.2, -0.15) is 0 Å². The van der Waals surface area contributed by atoms with E-state index in [0.717, 1.165) is 9.79 Å². The predicted octanol–water partition coefficient (Wildman–Crippen LogP) is 3.68. The molecular formula is C16H20N2O4S2.